The predicted octanol–water partition coefficient (Wildman–Crippen LogP) is 1.87. The van der Waals surface area contributed by atoms with E-state index < -0.39 is 5.97 Å². The van der Waals surface area contributed by atoms with Crippen molar-refractivity contribution in [3.63, 3.8) is 0 Å². The molecule has 6 nitrogen and oxygen atoms in total. The molecule has 84 valence electrons. The van der Waals surface area contributed by atoms with Gasteiger partial charge in [0, 0.05) is 16.9 Å². The first-order valence-electron chi connectivity index (χ1n) is 4.38. The second-order valence-corrected chi connectivity index (χ2v) is 4.66. The van der Waals surface area contributed by atoms with E-state index in [4.69, 9.17) is 5.11 Å². The number of hydrogen-bond donors (Lipinski definition) is 2. The summed E-state index contributed by atoms with van der Waals surface area (Å²) in [5.74, 6) is -1.01. The van der Waals surface area contributed by atoms with Gasteiger partial charge in [-0.1, -0.05) is 0 Å². The molecule has 0 saturated heterocycles. The molecule has 1 atom stereocenters. The number of anilines is 1. The highest BCUT2D eigenvalue weighted by atomic mass is 32.1. The first-order valence-corrected chi connectivity index (χ1v) is 6.04. The van der Waals surface area contributed by atoms with Crippen LogP contribution in [-0.2, 0) is 0 Å². The Morgan fingerprint density at radius 3 is 3.00 bits per heavy atom. The third kappa shape index (κ3) is 2.34. The summed E-state index contributed by atoms with van der Waals surface area (Å²) in [6.07, 6.45) is 1.46. The van der Waals surface area contributed by atoms with Gasteiger partial charge in [-0.15, -0.1) is 11.3 Å². The topological polar surface area (TPSA) is 88.0 Å². The molecule has 1 unspecified atom stereocenters. The van der Waals surface area contributed by atoms with E-state index in [0.29, 0.717) is 10.1 Å². The minimum atomic E-state index is -1.01. The lowest BCUT2D eigenvalue weighted by Gasteiger charge is -2.08. The molecule has 2 heterocycles. The lowest BCUT2D eigenvalue weighted by atomic mass is 10.3. The standard InChI is InChI=1S/C8H8N4O2S2/c1-4(11-8-9-3-10-16-8)6-12-5(2-15-6)7(13)14/h2-4H,1H3,(H,13,14)(H,9,10,11). The summed E-state index contributed by atoms with van der Waals surface area (Å²) in [5, 5.41) is 14.8. The molecule has 0 aliphatic rings. The van der Waals surface area contributed by atoms with Crippen LogP contribution in [0.5, 0.6) is 0 Å². The van der Waals surface area contributed by atoms with E-state index in [1.165, 1.54) is 34.6 Å². The normalized spacial score (nSPS) is 12.3. The second kappa shape index (κ2) is 4.54. The Hall–Kier alpha value is -1.54. The number of aromatic carboxylic acids is 1. The highest BCUT2D eigenvalue weighted by molar-refractivity contribution is 7.10. The molecule has 0 bridgehead atoms. The summed E-state index contributed by atoms with van der Waals surface area (Å²) >= 11 is 2.56. The van der Waals surface area contributed by atoms with E-state index >= 15 is 0 Å². The number of hydrogen-bond acceptors (Lipinski definition) is 7. The van der Waals surface area contributed by atoms with Gasteiger partial charge in [0.05, 0.1) is 6.04 Å². The maximum Gasteiger partial charge on any atom is 0.355 e. The third-order valence-electron chi connectivity index (χ3n) is 1.81. The summed E-state index contributed by atoms with van der Waals surface area (Å²) in [5.41, 5.74) is 0.0749. The molecule has 16 heavy (non-hydrogen) atoms. The van der Waals surface area contributed by atoms with Crippen molar-refractivity contribution < 1.29 is 9.90 Å². The highest BCUT2D eigenvalue weighted by Crippen LogP contribution is 2.22. The minimum absolute atomic E-state index is 0.0749. The number of carboxylic acids is 1. The molecular formula is C8H8N4O2S2. The number of nitrogens with zero attached hydrogens (tertiary/aromatic N) is 3. The molecule has 0 saturated carbocycles. The molecule has 0 amide bonds. The Bertz CT molecular complexity index is 482. The number of rotatable bonds is 4. The van der Waals surface area contributed by atoms with Crippen molar-refractivity contribution in [3.05, 3.63) is 22.4 Å². The fourth-order valence-electron chi connectivity index (χ4n) is 1.07. The van der Waals surface area contributed by atoms with Gasteiger partial charge >= 0.3 is 5.97 Å². The van der Waals surface area contributed by atoms with E-state index in [1.807, 2.05) is 6.92 Å². The number of carboxylic acid groups (broad SMARTS) is 1. The van der Waals surface area contributed by atoms with E-state index in [9.17, 15) is 4.79 Å². The average molecular weight is 256 g/mol. The monoisotopic (exact) mass is 256 g/mol. The van der Waals surface area contributed by atoms with Gasteiger partial charge < -0.3 is 10.4 Å². The van der Waals surface area contributed by atoms with Crippen LogP contribution in [0.1, 0.15) is 28.5 Å². The molecule has 0 radical (unpaired) electrons. The molecule has 0 spiro atoms. The Labute approximate surface area is 99.2 Å². The van der Waals surface area contributed by atoms with Crippen LogP contribution in [0.3, 0.4) is 0 Å². The molecule has 8 heteroatoms. The molecule has 2 aromatic rings. The van der Waals surface area contributed by atoms with Crippen LogP contribution in [0.15, 0.2) is 11.7 Å². The first-order chi connectivity index (χ1) is 7.66. The molecule has 2 N–H and O–H groups in total. The van der Waals surface area contributed by atoms with E-state index in [0.717, 1.165) is 0 Å². The van der Waals surface area contributed by atoms with Crippen LogP contribution in [0.4, 0.5) is 5.13 Å². The highest BCUT2D eigenvalue weighted by Gasteiger charge is 2.14. The number of carbonyl (C=O) groups is 1. The number of thiazole rings is 1. The van der Waals surface area contributed by atoms with Gasteiger partial charge in [-0.05, 0) is 6.92 Å². The van der Waals surface area contributed by atoms with Gasteiger partial charge in [0.25, 0.3) is 0 Å². The third-order valence-corrected chi connectivity index (χ3v) is 3.44. The summed E-state index contributed by atoms with van der Waals surface area (Å²) in [6.45, 7) is 1.89. The van der Waals surface area contributed by atoms with Crippen molar-refractivity contribution in [2.75, 3.05) is 5.32 Å². The summed E-state index contributed by atoms with van der Waals surface area (Å²) < 4.78 is 3.86. The van der Waals surface area contributed by atoms with Crippen LogP contribution in [-0.4, -0.2) is 25.4 Å². The van der Waals surface area contributed by atoms with Crippen LogP contribution in [0, 0.1) is 0 Å². The smallest absolute Gasteiger partial charge is 0.355 e. The molecule has 0 aliphatic heterocycles. The van der Waals surface area contributed by atoms with Gasteiger partial charge in [0.2, 0.25) is 5.13 Å². The van der Waals surface area contributed by atoms with E-state index in [-0.39, 0.29) is 11.7 Å². The first kappa shape index (κ1) is 11.0. The maximum atomic E-state index is 10.7. The lowest BCUT2D eigenvalue weighted by Crippen LogP contribution is -2.06. The van der Waals surface area contributed by atoms with Gasteiger partial charge in [-0.25, -0.2) is 14.8 Å². The molecule has 0 aliphatic carbocycles. The minimum Gasteiger partial charge on any atom is -0.476 e. The number of aromatic nitrogens is 3. The van der Waals surface area contributed by atoms with Crippen molar-refractivity contribution in [1.82, 2.24) is 14.3 Å². The van der Waals surface area contributed by atoms with Crippen LogP contribution in [0.25, 0.3) is 0 Å². The molecule has 0 aromatic carbocycles. The maximum absolute atomic E-state index is 10.7. The Morgan fingerprint density at radius 2 is 2.44 bits per heavy atom. The van der Waals surface area contributed by atoms with Crippen molar-refractivity contribution in [3.8, 4) is 0 Å². The molecule has 0 fully saturated rings. The van der Waals surface area contributed by atoms with Crippen LogP contribution >= 0.6 is 22.9 Å². The zero-order valence-electron chi connectivity index (χ0n) is 8.25. The summed E-state index contributed by atoms with van der Waals surface area (Å²) in [7, 11) is 0. The average Bonchev–Trinajstić information content (AvgIpc) is 2.86. The molecular weight excluding hydrogens is 248 g/mol. The second-order valence-electron chi connectivity index (χ2n) is 2.99. The van der Waals surface area contributed by atoms with E-state index in [2.05, 4.69) is 19.7 Å². The SMILES string of the molecule is CC(Nc1ncns1)c1nc(C(=O)O)cs1. The largest absolute Gasteiger partial charge is 0.476 e. The fourth-order valence-corrected chi connectivity index (χ4v) is 2.39. The number of nitrogens with one attached hydrogen (secondary N) is 1. The van der Waals surface area contributed by atoms with Crippen molar-refractivity contribution >= 4 is 34.0 Å². The van der Waals surface area contributed by atoms with Crippen molar-refractivity contribution in [2.24, 2.45) is 0 Å². The summed E-state index contributed by atoms with van der Waals surface area (Å²) in [4.78, 5) is 18.6. The zero-order valence-corrected chi connectivity index (χ0v) is 9.88. The van der Waals surface area contributed by atoms with Crippen LogP contribution in [0.2, 0.25) is 0 Å². The summed E-state index contributed by atoms with van der Waals surface area (Å²) in [6, 6.07) is -0.0777. The van der Waals surface area contributed by atoms with Crippen LogP contribution < -0.4 is 5.32 Å². The molecule has 2 aromatic heterocycles. The lowest BCUT2D eigenvalue weighted by molar-refractivity contribution is 0.0691. The Morgan fingerprint density at radius 1 is 1.62 bits per heavy atom. The van der Waals surface area contributed by atoms with Gasteiger partial charge in [-0.3, -0.25) is 0 Å². The van der Waals surface area contributed by atoms with Gasteiger partial charge in [0.1, 0.15) is 11.3 Å². The Kier molecular flexibility index (Phi) is 3.11. The predicted molar refractivity (Wildman–Crippen MR) is 61.0 cm³/mol. The van der Waals surface area contributed by atoms with Gasteiger partial charge in [0.15, 0.2) is 5.69 Å². The molecule has 2 rings (SSSR count). The zero-order chi connectivity index (χ0) is 11.5. The van der Waals surface area contributed by atoms with Crippen molar-refractivity contribution in [1.29, 1.82) is 0 Å². The Balaban J connectivity index is 2.08. The van der Waals surface area contributed by atoms with Gasteiger partial charge in [-0.2, -0.15) is 4.37 Å². The fraction of sp³-hybridized carbons (Fsp3) is 0.250. The van der Waals surface area contributed by atoms with E-state index in [1.54, 1.807) is 0 Å². The van der Waals surface area contributed by atoms with Crippen molar-refractivity contribution in [2.45, 2.75) is 13.0 Å². The quantitative estimate of drug-likeness (QED) is 0.868.